The molecule has 0 aliphatic carbocycles. The Morgan fingerprint density at radius 1 is 1.40 bits per heavy atom. The molecule has 1 heterocycles. The molecular formula is C12H11NO2. The fraction of sp³-hybridized carbons (Fsp3) is 0.250. The topological polar surface area (TPSA) is 42.2 Å². The summed E-state index contributed by atoms with van der Waals surface area (Å²) in [6, 6.07) is 5.93. The lowest BCUT2D eigenvalue weighted by Crippen LogP contribution is -1.92. The Hall–Kier alpha value is -1.95. The number of nitrogens with zero attached hydrogens (tertiary/aromatic N) is 1. The van der Waals surface area contributed by atoms with Crippen molar-refractivity contribution in [2.45, 2.75) is 13.3 Å². The zero-order valence-corrected chi connectivity index (χ0v) is 8.49. The molecule has 15 heavy (non-hydrogen) atoms. The van der Waals surface area contributed by atoms with Crippen LogP contribution in [-0.2, 0) is 6.42 Å². The largest absolute Gasteiger partial charge is 0.454 e. The second-order valence-electron chi connectivity index (χ2n) is 3.24. The van der Waals surface area contributed by atoms with Crippen LogP contribution in [0.5, 0.6) is 11.5 Å². The average Bonchev–Trinajstić information content (AvgIpc) is 2.66. The molecule has 3 heteroatoms. The van der Waals surface area contributed by atoms with E-state index < -0.39 is 0 Å². The molecule has 0 aromatic heterocycles. The van der Waals surface area contributed by atoms with Crippen LogP contribution in [0.2, 0.25) is 0 Å². The number of fused-ring (bicyclic) bond motifs is 1. The Labute approximate surface area is 88.5 Å². The molecule has 0 fully saturated rings. The van der Waals surface area contributed by atoms with Crippen LogP contribution in [-0.4, -0.2) is 6.79 Å². The second kappa shape index (κ2) is 4.05. The SMILES string of the molecule is C/C=C/c1cc2c(cc1CC#N)OCO2. The van der Waals surface area contributed by atoms with Gasteiger partial charge in [-0.15, -0.1) is 0 Å². The van der Waals surface area contributed by atoms with E-state index in [0.717, 1.165) is 22.6 Å². The molecule has 0 unspecified atom stereocenters. The van der Waals surface area contributed by atoms with E-state index in [1.54, 1.807) is 0 Å². The van der Waals surface area contributed by atoms with E-state index in [4.69, 9.17) is 14.7 Å². The van der Waals surface area contributed by atoms with Gasteiger partial charge in [0.2, 0.25) is 6.79 Å². The van der Waals surface area contributed by atoms with Crippen molar-refractivity contribution in [2.24, 2.45) is 0 Å². The third kappa shape index (κ3) is 1.79. The van der Waals surface area contributed by atoms with Crippen LogP contribution >= 0.6 is 0 Å². The highest BCUT2D eigenvalue weighted by molar-refractivity contribution is 5.61. The Morgan fingerprint density at radius 3 is 2.80 bits per heavy atom. The number of allylic oxidation sites excluding steroid dienone is 1. The van der Waals surface area contributed by atoms with Crippen molar-refractivity contribution in [3.05, 3.63) is 29.3 Å². The van der Waals surface area contributed by atoms with Crippen LogP contribution in [0.3, 0.4) is 0 Å². The first-order chi connectivity index (χ1) is 7.35. The lowest BCUT2D eigenvalue weighted by molar-refractivity contribution is 0.174. The quantitative estimate of drug-likeness (QED) is 0.738. The fourth-order valence-electron chi connectivity index (χ4n) is 1.57. The summed E-state index contributed by atoms with van der Waals surface area (Å²) in [4.78, 5) is 0. The van der Waals surface area contributed by atoms with E-state index >= 15 is 0 Å². The molecule has 0 radical (unpaired) electrons. The predicted molar refractivity (Wildman–Crippen MR) is 56.6 cm³/mol. The van der Waals surface area contributed by atoms with Crippen LogP contribution in [0.4, 0.5) is 0 Å². The highest BCUT2D eigenvalue weighted by Crippen LogP contribution is 2.35. The van der Waals surface area contributed by atoms with Crippen LogP contribution in [0, 0.1) is 11.3 Å². The van der Waals surface area contributed by atoms with E-state index in [0.29, 0.717) is 6.42 Å². The lowest BCUT2D eigenvalue weighted by atomic mass is 10.0. The average molecular weight is 201 g/mol. The molecule has 1 aromatic rings. The monoisotopic (exact) mass is 201 g/mol. The van der Waals surface area contributed by atoms with Gasteiger partial charge in [0.25, 0.3) is 0 Å². The smallest absolute Gasteiger partial charge is 0.231 e. The van der Waals surface area contributed by atoms with E-state index in [1.165, 1.54) is 0 Å². The zero-order chi connectivity index (χ0) is 10.7. The molecule has 0 bridgehead atoms. The van der Waals surface area contributed by atoms with Crippen molar-refractivity contribution >= 4 is 6.08 Å². The second-order valence-corrected chi connectivity index (χ2v) is 3.24. The third-order valence-electron chi connectivity index (χ3n) is 2.25. The van der Waals surface area contributed by atoms with Gasteiger partial charge in [-0.25, -0.2) is 0 Å². The number of hydrogen-bond donors (Lipinski definition) is 0. The molecule has 0 amide bonds. The molecule has 2 rings (SSSR count). The number of rotatable bonds is 2. The van der Waals surface area contributed by atoms with Crippen molar-refractivity contribution < 1.29 is 9.47 Å². The fourth-order valence-corrected chi connectivity index (χ4v) is 1.57. The number of benzene rings is 1. The van der Waals surface area contributed by atoms with Gasteiger partial charge in [-0.05, 0) is 30.2 Å². The molecule has 76 valence electrons. The summed E-state index contributed by atoms with van der Waals surface area (Å²) in [6.45, 7) is 2.21. The molecular weight excluding hydrogens is 190 g/mol. The summed E-state index contributed by atoms with van der Waals surface area (Å²) in [5.74, 6) is 1.48. The molecule has 0 saturated heterocycles. The summed E-state index contributed by atoms with van der Waals surface area (Å²) < 4.78 is 10.5. The zero-order valence-electron chi connectivity index (χ0n) is 8.49. The maximum Gasteiger partial charge on any atom is 0.231 e. The van der Waals surface area contributed by atoms with Gasteiger partial charge in [-0.3, -0.25) is 0 Å². The predicted octanol–water partition coefficient (Wildman–Crippen LogP) is 2.51. The molecule has 0 atom stereocenters. The van der Waals surface area contributed by atoms with E-state index in [9.17, 15) is 0 Å². The highest BCUT2D eigenvalue weighted by atomic mass is 16.7. The van der Waals surface area contributed by atoms with Crippen molar-refractivity contribution in [1.29, 1.82) is 5.26 Å². The Morgan fingerprint density at radius 2 is 2.13 bits per heavy atom. The van der Waals surface area contributed by atoms with E-state index in [2.05, 4.69) is 6.07 Å². The van der Waals surface area contributed by atoms with Gasteiger partial charge in [0, 0.05) is 0 Å². The minimum Gasteiger partial charge on any atom is -0.454 e. The van der Waals surface area contributed by atoms with Gasteiger partial charge >= 0.3 is 0 Å². The maximum atomic E-state index is 8.71. The number of nitriles is 1. The lowest BCUT2D eigenvalue weighted by Gasteiger charge is -2.04. The van der Waals surface area contributed by atoms with Gasteiger partial charge in [0.1, 0.15) is 0 Å². The van der Waals surface area contributed by atoms with Crippen LogP contribution in [0.15, 0.2) is 18.2 Å². The van der Waals surface area contributed by atoms with Crippen molar-refractivity contribution in [3.63, 3.8) is 0 Å². The standard InChI is InChI=1S/C12H11NO2/c1-2-3-9-6-11-12(15-8-14-11)7-10(9)4-5-13/h2-3,6-7H,4,8H2,1H3/b3-2+. The molecule has 0 N–H and O–H groups in total. The Kier molecular flexibility index (Phi) is 2.59. The summed E-state index contributed by atoms with van der Waals surface area (Å²) in [6.07, 6.45) is 4.29. The summed E-state index contributed by atoms with van der Waals surface area (Å²) in [5, 5.41) is 8.71. The van der Waals surface area contributed by atoms with Crippen LogP contribution < -0.4 is 9.47 Å². The molecule has 0 spiro atoms. The molecule has 1 aliphatic heterocycles. The number of hydrogen-bond acceptors (Lipinski definition) is 3. The van der Waals surface area contributed by atoms with Crippen molar-refractivity contribution in [2.75, 3.05) is 6.79 Å². The van der Waals surface area contributed by atoms with Crippen molar-refractivity contribution in [1.82, 2.24) is 0 Å². The number of ether oxygens (including phenoxy) is 2. The van der Waals surface area contributed by atoms with Gasteiger partial charge in [-0.2, -0.15) is 5.26 Å². The first-order valence-corrected chi connectivity index (χ1v) is 4.77. The summed E-state index contributed by atoms with van der Waals surface area (Å²) in [5.41, 5.74) is 1.99. The normalized spacial score (nSPS) is 13.1. The summed E-state index contributed by atoms with van der Waals surface area (Å²) >= 11 is 0. The van der Waals surface area contributed by atoms with Gasteiger partial charge in [-0.1, -0.05) is 12.2 Å². The Balaban J connectivity index is 2.47. The summed E-state index contributed by atoms with van der Waals surface area (Å²) in [7, 11) is 0. The van der Waals surface area contributed by atoms with E-state index in [1.807, 2.05) is 31.2 Å². The Bertz CT molecular complexity index is 444. The highest BCUT2D eigenvalue weighted by Gasteiger charge is 2.15. The first-order valence-electron chi connectivity index (χ1n) is 4.77. The maximum absolute atomic E-state index is 8.71. The molecule has 3 nitrogen and oxygen atoms in total. The molecule has 1 aromatic carbocycles. The van der Waals surface area contributed by atoms with Gasteiger partial charge < -0.3 is 9.47 Å². The van der Waals surface area contributed by atoms with E-state index in [-0.39, 0.29) is 6.79 Å². The van der Waals surface area contributed by atoms with Crippen LogP contribution in [0.1, 0.15) is 18.1 Å². The molecule has 1 aliphatic rings. The third-order valence-corrected chi connectivity index (χ3v) is 2.25. The molecule has 0 saturated carbocycles. The minimum atomic E-state index is 0.265. The minimum absolute atomic E-state index is 0.265. The first kappa shape index (κ1) is 9.60. The van der Waals surface area contributed by atoms with Gasteiger partial charge in [0.05, 0.1) is 12.5 Å². The van der Waals surface area contributed by atoms with Crippen LogP contribution in [0.25, 0.3) is 6.08 Å². The van der Waals surface area contributed by atoms with Crippen molar-refractivity contribution in [3.8, 4) is 17.6 Å². The van der Waals surface area contributed by atoms with Gasteiger partial charge in [0.15, 0.2) is 11.5 Å².